The highest BCUT2D eigenvalue weighted by atomic mass is 16.8. The van der Waals surface area contributed by atoms with Gasteiger partial charge in [0.05, 0.1) is 38.6 Å². The Morgan fingerprint density at radius 2 is 0.663 bits per heavy atom. The summed E-state index contributed by atoms with van der Waals surface area (Å²) in [4.78, 5) is 13.5. The molecule has 12 N–H and O–H groups in total. The Morgan fingerprint density at radius 1 is 0.356 bits per heavy atom. The monoisotopic (exact) mass is 1470 g/mol. The molecular weight excluding hydrogens is 1320 g/mol. The summed E-state index contributed by atoms with van der Waals surface area (Å²) >= 11 is 0. The third-order valence-electron chi connectivity index (χ3n) is 20.5. The number of carbonyl (C=O) groups is 1. The smallest absolute Gasteiger partial charge is 0.220 e. The largest absolute Gasteiger partial charge is 0.394 e. The van der Waals surface area contributed by atoms with E-state index in [9.17, 15) is 61.0 Å². The minimum absolute atomic E-state index is 0.243. The fraction of sp³-hybridized carbons (Fsp3) is 0.824. The highest BCUT2D eigenvalue weighted by Gasteiger charge is 2.54. The summed E-state index contributed by atoms with van der Waals surface area (Å²) < 4.78 is 34.5. The summed E-state index contributed by atoms with van der Waals surface area (Å²) in [7, 11) is 0. The maximum atomic E-state index is 13.5. The molecule has 17 unspecified atom stereocenters. The van der Waals surface area contributed by atoms with E-state index in [1.165, 1.54) is 186 Å². The van der Waals surface area contributed by atoms with Crippen LogP contribution in [0.25, 0.3) is 0 Å². The molecule has 0 aliphatic carbocycles. The number of nitrogens with one attached hydrogen (secondary N) is 1. The van der Waals surface area contributed by atoms with Crippen LogP contribution >= 0.6 is 0 Å². The van der Waals surface area contributed by atoms with Crippen LogP contribution in [0, 0.1) is 0 Å². The van der Waals surface area contributed by atoms with Crippen LogP contribution in [0.1, 0.15) is 316 Å². The topological polar surface area (TPSA) is 307 Å². The summed E-state index contributed by atoms with van der Waals surface area (Å²) in [6.07, 6.45) is 59.5. The van der Waals surface area contributed by atoms with Crippen molar-refractivity contribution >= 4 is 5.91 Å². The second kappa shape index (κ2) is 64.8. The highest BCUT2D eigenvalue weighted by Crippen LogP contribution is 2.33. The van der Waals surface area contributed by atoms with Crippen molar-refractivity contribution in [3.05, 3.63) is 85.1 Å². The molecule has 19 nitrogen and oxygen atoms in total. The fourth-order valence-corrected chi connectivity index (χ4v) is 13.8. The average Bonchev–Trinajstić information content (AvgIpc) is 0.783. The van der Waals surface area contributed by atoms with Crippen molar-refractivity contribution in [2.75, 3.05) is 26.4 Å². The van der Waals surface area contributed by atoms with Gasteiger partial charge in [-0.1, -0.05) is 324 Å². The number of aliphatic hydroxyl groups excluding tert-OH is 11. The number of unbranched alkanes of at least 4 members (excludes halogenated alkanes) is 36. The second-order valence-corrected chi connectivity index (χ2v) is 29.6. The van der Waals surface area contributed by atoms with E-state index < -0.39 is 124 Å². The van der Waals surface area contributed by atoms with E-state index in [4.69, 9.17) is 28.4 Å². The van der Waals surface area contributed by atoms with Crippen LogP contribution in [0.4, 0.5) is 0 Å². The van der Waals surface area contributed by atoms with Gasteiger partial charge in [-0.15, -0.1) is 0 Å². The molecule has 0 bridgehead atoms. The van der Waals surface area contributed by atoms with E-state index in [-0.39, 0.29) is 18.9 Å². The lowest BCUT2D eigenvalue weighted by Crippen LogP contribution is -2.66. The quantitative estimate of drug-likeness (QED) is 0.0199. The molecule has 604 valence electrons. The third kappa shape index (κ3) is 44.0. The maximum Gasteiger partial charge on any atom is 0.220 e. The van der Waals surface area contributed by atoms with Crippen LogP contribution in [0.5, 0.6) is 0 Å². The zero-order chi connectivity index (χ0) is 75.3. The van der Waals surface area contributed by atoms with Crippen molar-refractivity contribution < 1.29 is 89.4 Å². The zero-order valence-corrected chi connectivity index (χ0v) is 64.7. The van der Waals surface area contributed by atoms with E-state index in [1.54, 1.807) is 0 Å². The lowest BCUT2D eigenvalue weighted by atomic mass is 9.96. The van der Waals surface area contributed by atoms with Crippen molar-refractivity contribution in [2.45, 2.75) is 420 Å². The van der Waals surface area contributed by atoms with Crippen LogP contribution in [-0.2, 0) is 33.2 Å². The predicted molar refractivity (Wildman–Crippen MR) is 415 cm³/mol. The van der Waals surface area contributed by atoms with E-state index in [1.807, 2.05) is 0 Å². The Kier molecular flexibility index (Phi) is 59.3. The van der Waals surface area contributed by atoms with Gasteiger partial charge in [0.2, 0.25) is 5.91 Å². The normalized spacial score (nSPS) is 26.3. The van der Waals surface area contributed by atoms with E-state index in [2.05, 4.69) is 104 Å². The highest BCUT2D eigenvalue weighted by molar-refractivity contribution is 5.76. The van der Waals surface area contributed by atoms with Crippen molar-refractivity contribution in [3.63, 3.8) is 0 Å². The molecule has 0 aromatic heterocycles. The lowest BCUT2D eigenvalue weighted by molar-refractivity contribution is -0.379. The summed E-state index contributed by atoms with van der Waals surface area (Å²) in [6, 6.07) is -0.894. The molecule has 0 saturated carbocycles. The Hall–Kier alpha value is -3.03. The molecule has 0 aromatic carbocycles. The molecule has 3 rings (SSSR count). The first-order valence-electron chi connectivity index (χ1n) is 41.8. The van der Waals surface area contributed by atoms with Gasteiger partial charge in [-0.05, 0) is 70.6 Å². The molecule has 0 aromatic rings. The van der Waals surface area contributed by atoms with Crippen LogP contribution in [0.2, 0.25) is 0 Å². The number of ether oxygens (including phenoxy) is 6. The number of allylic oxidation sites excluding steroid dienone is 14. The van der Waals surface area contributed by atoms with Crippen LogP contribution in [0.15, 0.2) is 85.1 Å². The average molecular weight is 1480 g/mol. The predicted octanol–water partition coefficient (Wildman–Crippen LogP) is 14.6. The number of amides is 1. The summed E-state index contributed by atoms with van der Waals surface area (Å²) in [5.41, 5.74) is 0. The molecule has 104 heavy (non-hydrogen) atoms. The molecule has 3 heterocycles. The first-order valence-corrected chi connectivity index (χ1v) is 41.8. The Labute approximate surface area is 629 Å². The maximum absolute atomic E-state index is 13.5. The molecular formula is C85H151NO18. The van der Waals surface area contributed by atoms with Crippen LogP contribution in [0.3, 0.4) is 0 Å². The molecule has 3 fully saturated rings. The van der Waals surface area contributed by atoms with Crippen molar-refractivity contribution in [1.29, 1.82) is 0 Å². The SMILES string of the molecule is CC/C=C\C/C=C\C/C=C\C/C=C\C/C=C\C/C=C\C/C=C\CCCCCCCCCCCCCCCC(=O)NC(COC1OC(CO)C(OC2OC(CO)C(OC3OC(CO)C(O)C(O)C3O)C(O)C2O)C(O)C1O)C(O)CCCCCCCCCCCCCCCCCCCCCCCCCC. The van der Waals surface area contributed by atoms with Gasteiger partial charge in [0.15, 0.2) is 18.9 Å². The third-order valence-corrected chi connectivity index (χ3v) is 20.5. The van der Waals surface area contributed by atoms with Gasteiger partial charge < -0.3 is 89.9 Å². The van der Waals surface area contributed by atoms with Gasteiger partial charge in [0.25, 0.3) is 0 Å². The molecule has 17 atom stereocenters. The molecule has 0 radical (unpaired) electrons. The van der Waals surface area contributed by atoms with E-state index in [0.717, 1.165) is 96.3 Å². The molecule has 3 saturated heterocycles. The minimum Gasteiger partial charge on any atom is -0.394 e. The van der Waals surface area contributed by atoms with Gasteiger partial charge in [0.1, 0.15) is 73.2 Å². The van der Waals surface area contributed by atoms with Gasteiger partial charge in [-0.2, -0.15) is 0 Å². The number of aliphatic hydroxyl groups is 11. The molecule has 3 aliphatic heterocycles. The molecule has 1 amide bonds. The molecule has 3 aliphatic rings. The number of carbonyl (C=O) groups excluding carboxylic acids is 1. The van der Waals surface area contributed by atoms with Gasteiger partial charge in [0, 0.05) is 6.42 Å². The van der Waals surface area contributed by atoms with E-state index >= 15 is 0 Å². The van der Waals surface area contributed by atoms with E-state index in [0.29, 0.717) is 12.8 Å². The second-order valence-electron chi connectivity index (χ2n) is 29.6. The first-order chi connectivity index (χ1) is 50.8. The first kappa shape index (κ1) is 95.2. The fourth-order valence-electron chi connectivity index (χ4n) is 13.8. The molecule has 0 spiro atoms. The number of rotatable bonds is 66. The van der Waals surface area contributed by atoms with Gasteiger partial charge in [-0.25, -0.2) is 0 Å². The van der Waals surface area contributed by atoms with Crippen molar-refractivity contribution in [1.82, 2.24) is 5.32 Å². The Bertz CT molecular complexity index is 2210. The van der Waals surface area contributed by atoms with Crippen molar-refractivity contribution in [3.8, 4) is 0 Å². The van der Waals surface area contributed by atoms with Crippen LogP contribution in [-0.4, -0.2) is 193 Å². The Balaban J connectivity index is 1.35. The Morgan fingerprint density at radius 3 is 1.04 bits per heavy atom. The van der Waals surface area contributed by atoms with Gasteiger partial charge in [-0.3, -0.25) is 4.79 Å². The standard InChI is InChI=1S/C85H151NO18/c1-3-5-7-9-11-13-15-17-19-21-23-25-27-29-30-31-32-33-34-35-36-37-38-39-41-43-45-47-49-51-53-55-57-59-61-63-73(91)86-68(69(90)62-60-58-56-54-52-50-48-46-44-42-40-28-26-24-22-20-18-16-14-12-10-8-6-4-2)67-99-83-79(97)76(94)81(71(65-88)101-83)104-85-80(98)77(95)82(72(66-89)102-85)103-84-78(96)75(93)74(92)70(64-87)100-84/h5,7,11,13,17,19,23,25,29-30,32-33,35-36,68-72,74-85,87-90,92-98H,3-4,6,8-10,12,14-16,18,20-22,24,26-28,31,34,37-67H2,1-2H3,(H,86,91)/b7-5-,13-11-,19-17-,25-23-,30-29-,33-32-,36-35-. The summed E-state index contributed by atoms with van der Waals surface area (Å²) in [5, 5.41) is 121. The lowest BCUT2D eigenvalue weighted by Gasteiger charge is -2.48. The number of hydrogen-bond acceptors (Lipinski definition) is 18. The number of hydrogen-bond donors (Lipinski definition) is 12. The molecule has 19 heteroatoms. The van der Waals surface area contributed by atoms with Gasteiger partial charge >= 0.3 is 0 Å². The zero-order valence-electron chi connectivity index (χ0n) is 64.7. The summed E-state index contributed by atoms with van der Waals surface area (Å²) in [5.74, 6) is -0.243. The van der Waals surface area contributed by atoms with Crippen LogP contribution < -0.4 is 5.32 Å². The van der Waals surface area contributed by atoms with Crippen molar-refractivity contribution in [2.24, 2.45) is 0 Å². The minimum atomic E-state index is -1.98. The summed E-state index contributed by atoms with van der Waals surface area (Å²) in [6.45, 7) is 1.72.